The molecule has 0 unspecified atom stereocenters. The number of nitrogens with one attached hydrogen (secondary N) is 2. The number of carbonyl (C=O) groups is 2. The monoisotopic (exact) mass is 381 g/mol. The van der Waals surface area contributed by atoms with Crippen LogP contribution in [0, 0.1) is 5.92 Å². The Kier molecular flexibility index (Phi) is 6.66. The number of hydrogen-bond acceptors (Lipinski definition) is 4. The van der Waals surface area contributed by atoms with Crippen LogP contribution in [0.25, 0.3) is 0 Å². The minimum atomic E-state index is -0.104. The zero-order valence-electron chi connectivity index (χ0n) is 16.4. The molecule has 2 aromatic rings. The fourth-order valence-electron chi connectivity index (χ4n) is 3.23. The Hall–Kier alpha value is -2.86. The Morgan fingerprint density at radius 2 is 1.64 bits per heavy atom. The van der Waals surface area contributed by atoms with E-state index in [4.69, 9.17) is 4.74 Å². The van der Waals surface area contributed by atoms with Crippen molar-refractivity contribution < 1.29 is 14.3 Å². The first kappa shape index (κ1) is 19.9. The van der Waals surface area contributed by atoms with Gasteiger partial charge in [-0.25, -0.2) is 0 Å². The zero-order chi connectivity index (χ0) is 19.9. The largest absolute Gasteiger partial charge is 0.378 e. The minimum absolute atomic E-state index is 0.0281. The smallest absolute Gasteiger partial charge is 0.251 e. The van der Waals surface area contributed by atoms with Gasteiger partial charge in [0.25, 0.3) is 11.8 Å². The molecule has 1 aliphatic heterocycles. The van der Waals surface area contributed by atoms with Crippen LogP contribution in [0.4, 0.5) is 5.69 Å². The summed E-state index contributed by atoms with van der Waals surface area (Å²) in [5.41, 5.74) is 2.28. The van der Waals surface area contributed by atoms with Gasteiger partial charge in [-0.15, -0.1) is 0 Å². The molecule has 1 heterocycles. The molecule has 2 N–H and O–H groups in total. The number of hydrogen-bond donors (Lipinski definition) is 2. The second-order valence-electron chi connectivity index (χ2n) is 7.29. The third-order valence-corrected chi connectivity index (χ3v) is 4.87. The van der Waals surface area contributed by atoms with Gasteiger partial charge in [0.05, 0.1) is 12.7 Å². The van der Waals surface area contributed by atoms with Crippen molar-refractivity contribution in [2.45, 2.75) is 12.5 Å². The summed E-state index contributed by atoms with van der Waals surface area (Å²) in [4.78, 5) is 26.5. The molecule has 3 rings (SSSR count). The van der Waals surface area contributed by atoms with Crippen LogP contribution < -0.4 is 15.5 Å². The van der Waals surface area contributed by atoms with E-state index < -0.39 is 0 Å². The van der Waals surface area contributed by atoms with Crippen LogP contribution >= 0.6 is 0 Å². The van der Waals surface area contributed by atoms with Gasteiger partial charge in [0, 0.05) is 49.9 Å². The molecular formula is C22H27N3O3. The fraction of sp³-hybridized carbons (Fsp3) is 0.364. The number of amides is 2. The Morgan fingerprint density at radius 1 is 0.964 bits per heavy atom. The fourth-order valence-corrected chi connectivity index (χ4v) is 3.23. The van der Waals surface area contributed by atoms with Gasteiger partial charge in [0.2, 0.25) is 0 Å². The quantitative estimate of drug-likeness (QED) is 0.772. The van der Waals surface area contributed by atoms with Crippen LogP contribution in [0.1, 0.15) is 27.1 Å². The van der Waals surface area contributed by atoms with Gasteiger partial charge < -0.3 is 20.3 Å². The van der Waals surface area contributed by atoms with Crippen molar-refractivity contribution in [3.8, 4) is 0 Å². The van der Waals surface area contributed by atoms with E-state index in [1.807, 2.05) is 55.4 Å². The summed E-state index contributed by atoms with van der Waals surface area (Å²) in [5.74, 6) is 0.0814. The molecule has 148 valence electrons. The van der Waals surface area contributed by atoms with E-state index in [0.717, 1.165) is 12.1 Å². The van der Waals surface area contributed by atoms with Gasteiger partial charge in [-0.1, -0.05) is 24.3 Å². The highest BCUT2D eigenvalue weighted by atomic mass is 16.5. The molecular weight excluding hydrogens is 354 g/mol. The van der Waals surface area contributed by atoms with E-state index in [0.29, 0.717) is 30.8 Å². The number of carbonyl (C=O) groups excluding carboxylic acids is 2. The normalized spacial score (nSPS) is 18.5. The molecule has 0 spiro atoms. The average Bonchev–Trinajstić information content (AvgIpc) is 3.19. The van der Waals surface area contributed by atoms with Crippen LogP contribution in [-0.4, -0.2) is 51.7 Å². The molecule has 2 aromatic carbocycles. The van der Waals surface area contributed by atoms with Crippen molar-refractivity contribution in [2.24, 2.45) is 5.92 Å². The number of benzene rings is 2. The van der Waals surface area contributed by atoms with Crippen molar-refractivity contribution in [1.82, 2.24) is 10.6 Å². The molecule has 28 heavy (non-hydrogen) atoms. The van der Waals surface area contributed by atoms with Crippen LogP contribution in [0.5, 0.6) is 0 Å². The lowest BCUT2D eigenvalue weighted by atomic mass is 10.1. The van der Waals surface area contributed by atoms with Crippen LogP contribution in [0.15, 0.2) is 54.6 Å². The molecule has 0 radical (unpaired) electrons. The molecule has 1 saturated heterocycles. The van der Waals surface area contributed by atoms with Gasteiger partial charge in [-0.3, -0.25) is 9.59 Å². The second kappa shape index (κ2) is 9.37. The number of rotatable bonds is 7. The minimum Gasteiger partial charge on any atom is -0.378 e. The molecule has 0 aliphatic carbocycles. The molecule has 0 saturated carbocycles. The van der Waals surface area contributed by atoms with E-state index in [2.05, 4.69) is 10.6 Å². The Labute approximate surface area is 165 Å². The van der Waals surface area contributed by atoms with Crippen LogP contribution in [-0.2, 0) is 4.74 Å². The van der Waals surface area contributed by atoms with Crippen LogP contribution in [0.3, 0.4) is 0 Å². The first-order valence-electron chi connectivity index (χ1n) is 9.53. The maximum Gasteiger partial charge on any atom is 0.251 e. The lowest BCUT2D eigenvalue weighted by molar-refractivity contribution is 0.0843. The van der Waals surface area contributed by atoms with Gasteiger partial charge in [-0.2, -0.15) is 0 Å². The van der Waals surface area contributed by atoms with Gasteiger partial charge in [0.15, 0.2) is 0 Å². The topological polar surface area (TPSA) is 70.7 Å². The molecule has 6 nitrogen and oxygen atoms in total. The zero-order valence-corrected chi connectivity index (χ0v) is 16.4. The van der Waals surface area contributed by atoms with Crippen molar-refractivity contribution in [2.75, 3.05) is 38.7 Å². The standard InChI is InChI=1S/C22H27N3O3/c1-25(2)19-10-6-9-18(12-19)22(27)24-14-20-11-16(15-28-20)13-23-21(26)17-7-4-3-5-8-17/h3-10,12,16,20H,11,13-15H2,1-2H3,(H,23,26)(H,24,27)/t16-,20+/m1/s1. The van der Waals surface area contributed by atoms with Crippen molar-refractivity contribution in [3.05, 3.63) is 65.7 Å². The molecule has 6 heteroatoms. The number of ether oxygens (including phenoxy) is 1. The summed E-state index contributed by atoms with van der Waals surface area (Å²) in [5, 5.41) is 5.91. The van der Waals surface area contributed by atoms with Crippen molar-refractivity contribution in [3.63, 3.8) is 0 Å². The third-order valence-electron chi connectivity index (χ3n) is 4.87. The molecule has 1 fully saturated rings. The Balaban J connectivity index is 1.42. The molecule has 0 aromatic heterocycles. The van der Waals surface area contributed by atoms with E-state index in [1.165, 1.54) is 0 Å². The van der Waals surface area contributed by atoms with E-state index in [-0.39, 0.29) is 23.8 Å². The highest BCUT2D eigenvalue weighted by Gasteiger charge is 2.26. The van der Waals surface area contributed by atoms with E-state index >= 15 is 0 Å². The SMILES string of the molecule is CN(C)c1cccc(C(=O)NC[C@@H]2C[C@H](CNC(=O)c3ccccc3)CO2)c1. The average molecular weight is 381 g/mol. The maximum absolute atomic E-state index is 12.4. The molecule has 1 aliphatic rings. The van der Waals surface area contributed by atoms with Gasteiger partial charge in [0.1, 0.15) is 0 Å². The van der Waals surface area contributed by atoms with Crippen molar-refractivity contribution >= 4 is 17.5 Å². The van der Waals surface area contributed by atoms with E-state index in [9.17, 15) is 9.59 Å². The summed E-state index contributed by atoms with van der Waals surface area (Å²) in [6.45, 7) is 1.63. The summed E-state index contributed by atoms with van der Waals surface area (Å²) in [6.07, 6.45) is 0.784. The molecule has 0 bridgehead atoms. The summed E-state index contributed by atoms with van der Waals surface area (Å²) in [7, 11) is 3.89. The lowest BCUT2D eigenvalue weighted by Crippen LogP contribution is -2.32. The number of anilines is 1. The first-order valence-corrected chi connectivity index (χ1v) is 9.53. The highest BCUT2D eigenvalue weighted by molar-refractivity contribution is 5.95. The predicted octanol–water partition coefficient (Wildman–Crippen LogP) is 2.32. The second-order valence-corrected chi connectivity index (χ2v) is 7.29. The van der Waals surface area contributed by atoms with E-state index in [1.54, 1.807) is 18.2 Å². The van der Waals surface area contributed by atoms with Crippen LogP contribution in [0.2, 0.25) is 0 Å². The highest BCUT2D eigenvalue weighted by Crippen LogP contribution is 2.19. The molecule has 2 atom stereocenters. The third kappa shape index (κ3) is 5.33. The van der Waals surface area contributed by atoms with Crippen molar-refractivity contribution in [1.29, 1.82) is 0 Å². The van der Waals surface area contributed by atoms with Gasteiger partial charge in [-0.05, 0) is 36.8 Å². The predicted molar refractivity (Wildman–Crippen MR) is 110 cm³/mol. The Morgan fingerprint density at radius 3 is 2.39 bits per heavy atom. The lowest BCUT2D eigenvalue weighted by Gasteiger charge is -2.14. The number of nitrogens with zero attached hydrogens (tertiary/aromatic N) is 1. The first-order chi connectivity index (χ1) is 13.5. The maximum atomic E-state index is 12.4. The van der Waals surface area contributed by atoms with Gasteiger partial charge >= 0.3 is 0 Å². The molecule has 2 amide bonds. The Bertz CT molecular complexity index is 808. The summed E-state index contributed by atoms with van der Waals surface area (Å²) >= 11 is 0. The summed E-state index contributed by atoms with van der Waals surface area (Å²) < 4.78 is 5.78. The summed E-state index contributed by atoms with van der Waals surface area (Å²) in [6, 6.07) is 16.7.